The zero-order chi connectivity index (χ0) is 30.1. The number of nitrogens with zero attached hydrogens (tertiary/aromatic N) is 5. The molecule has 2 saturated heterocycles. The first kappa shape index (κ1) is 30.4. The zero-order valence-electron chi connectivity index (χ0n) is 26.1. The number of esters is 1. The molecular weight excluding hydrogens is 534 g/mol. The van der Waals surface area contributed by atoms with Crippen LogP contribution in [0.15, 0.2) is 30.3 Å². The summed E-state index contributed by atoms with van der Waals surface area (Å²) in [4.78, 5) is 22.1. The molecule has 1 unspecified atom stereocenters. The lowest BCUT2D eigenvalue weighted by Gasteiger charge is -2.55. The summed E-state index contributed by atoms with van der Waals surface area (Å²) in [6.45, 7) is 14.4. The fraction of sp³-hybridized carbons (Fsp3) is 0.594. The second-order valence-corrected chi connectivity index (χ2v) is 12.7. The van der Waals surface area contributed by atoms with Crippen molar-refractivity contribution < 1.29 is 23.7 Å². The first-order chi connectivity index (χ1) is 20.0. The van der Waals surface area contributed by atoms with E-state index in [2.05, 4.69) is 50.5 Å². The van der Waals surface area contributed by atoms with Crippen molar-refractivity contribution in [3.05, 3.63) is 41.6 Å². The Kier molecular flexibility index (Phi) is 8.89. The SMILES string of the molecule is COCOc1ccc(-c2cc(CN3CC(C)(C)N(CC(=O)OC)CC3(C)C)c3c(C)nn(C4CCCCO4)c3n2)cc1. The van der Waals surface area contributed by atoms with Gasteiger partial charge in [0.05, 0.1) is 25.0 Å². The van der Waals surface area contributed by atoms with Gasteiger partial charge >= 0.3 is 5.97 Å². The second-order valence-electron chi connectivity index (χ2n) is 12.7. The fourth-order valence-corrected chi connectivity index (χ4v) is 6.17. The number of piperazine rings is 1. The smallest absolute Gasteiger partial charge is 0.319 e. The van der Waals surface area contributed by atoms with Crippen molar-refractivity contribution in [3.8, 4) is 17.0 Å². The van der Waals surface area contributed by atoms with E-state index in [0.717, 1.165) is 79.2 Å². The molecule has 0 amide bonds. The number of hydrogen-bond acceptors (Lipinski definition) is 9. The number of hydrogen-bond donors (Lipinski definition) is 0. The third kappa shape index (κ3) is 6.32. The van der Waals surface area contributed by atoms with Gasteiger partial charge in [0, 0.05) is 55.4 Å². The Morgan fingerprint density at radius 2 is 1.76 bits per heavy atom. The molecule has 5 rings (SSSR count). The van der Waals surface area contributed by atoms with Gasteiger partial charge in [-0.15, -0.1) is 0 Å². The molecular formula is C32H45N5O5. The largest absolute Gasteiger partial charge is 0.468 e. The van der Waals surface area contributed by atoms with Gasteiger partial charge in [0.15, 0.2) is 18.7 Å². The van der Waals surface area contributed by atoms with Crippen LogP contribution in [0.25, 0.3) is 22.3 Å². The summed E-state index contributed by atoms with van der Waals surface area (Å²) in [6, 6.07) is 10.2. The third-order valence-electron chi connectivity index (χ3n) is 8.62. The standard InChI is InChI=1S/C32H45N5O5/c1-22-29-24(17-35-19-32(4,5)36(18-28(38)40-7)20-31(35,2)3)16-26(23-11-13-25(14-12-23)42-21-39-6)33-30(29)37(34-22)27-10-8-9-15-41-27/h11-14,16,27H,8-10,15,17-21H2,1-7H3. The molecule has 0 spiro atoms. The first-order valence-electron chi connectivity index (χ1n) is 14.8. The topological polar surface area (TPSA) is 91.2 Å². The van der Waals surface area contributed by atoms with Crippen molar-refractivity contribution in [3.63, 3.8) is 0 Å². The van der Waals surface area contributed by atoms with Crippen molar-refractivity contribution in [2.45, 2.75) is 77.7 Å². The summed E-state index contributed by atoms with van der Waals surface area (Å²) in [5, 5.41) is 6.07. The van der Waals surface area contributed by atoms with Crippen molar-refractivity contribution in [2.24, 2.45) is 0 Å². The predicted molar refractivity (Wildman–Crippen MR) is 161 cm³/mol. The number of methoxy groups -OCH3 is 2. The normalized spacial score (nSPS) is 21.0. The maximum atomic E-state index is 12.2. The van der Waals surface area contributed by atoms with E-state index in [4.69, 9.17) is 29.0 Å². The highest BCUT2D eigenvalue weighted by molar-refractivity contribution is 5.85. The van der Waals surface area contributed by atoms with Crippen LogP contribution in [0.5, 0.6) is 5.75 Å². The molecule has 4 heterocycles. The third-order valence-corrected chi connectivity index (χ3v) is 8.62. The maximum absolute atomic E-state index is 12.2. The van der Waals surface area contributed by atoms with E-state index in [1.165, 1.54) is 12.7 Å². The van der Waals surface area contributed by atoms with Gasteiger partial charge in [-0.25, -0.2) is 9.67 Å². The van der Waals surface area contributed by atoms with Gasteiger partial charge in [-0.05, 0) is 89.8 Å². The monoisotopic (exact) mass is 579 g/mol. The van der Waals surface area contributed by atoms with E-state index in [1.54, 1.807) is 7.11 Å². The van der Waals surface area contributed by atoms with Crippen LogP contribution in [0.3, 0.4) is 0 Å². The lowest BCUT2D eigenvalue weighted by atomic mass is 9.88. The van der Waals surface area contributed by atoms with Crippen molar-refractivity contribution >= 4 is 17.0 Å². The zero-order valence-corrected chi connectivity index (χ0v) is 26.1. The second kappa shape index (κ2) is 12.3. The van der Waals surface area contributed by atoms with Gasteiger partial charge in [-0.3, -0.25) is 14.6 Å². The minimum absolute atomic E-state index is 0.118. The van der Waals surface area contributed by atoms with Crippen LogP contribution in [-0.4, -0.2) is 88.9 Å². The van der Waals surface area contributed by atoms with Gasteiger partial charge in [0.1, 0.15) is 5.75 Å². The molecule has 228 valence electrons. The highest BCUT2D eigenvalue weighted by atomic mass is 16.7. The Morgan fingerprint density at radius 1 is 1.05 bits per heavy atom. The highest BCUT2D eigenvalue weighted by Crippen LogP contribution is 2.36. The summed E-state index contributed by atoms with van der Waals surface area (Å²) >= 11 is 0. The Labute approximate surface area is 248 Å². The molecule has 2 aromatic heterocycles. The molecule has 0 radical (unpaired) electrons. The summed E-state index contributed by atoms with van der Waals surface area (Å²) in [5.74, 6) is 0.534. The molecule has 0 saturated carbocycles. The van der Waals surface area contributed by atoms with Gasteiger partial charge in [0.25, 0.3) is 0 Å². The molecule has 2 aliphatic rings. The number of benzene rings is 1. The maximum Gasteiger partial charge on any atom is 0.319 e. The minimum Gasteiger partial charge on any atom is -0.468 e. The molecule has 1 aromatic carbocycles. The van der Waals surface area contributed by atoms with Crippen molar-refractivity contribution in [2.75, 3.05) is 47.3 Å². The Bertz CT molecular complexity index is 1390. The lowest BCUT2D eigenvalue weighted by molar-refractivity contribution is -0.147. The number of fused-ring (bicyclic) bond motifs is 1. The van der Waals surface area contributed by atoms with Gasteiger partial charge in [-0.1, -0.05) is 0 Å². The summed E-state index contributed by atoms with van der Waals surface area (Å²) in [5.41, 5.74) is 4.47. The summed E-state index contributed by atoms with van der Waals surface area (Å²) in [7, 11) is 3.06. The van der Waals surface area contributed by atoms with Gasteiger partial charge in [-0.2, -0.15) is 5.10 Å². The molecule has 0 aliphatic carbocycles. The average Bonchev–Trinajstić information content (AvgIpc) is 3.31. The molecule has 0 N–H and O–H groups in total. The number of ether oxygens (including phenoxy) is 4. The molecule has 42 heavy (non-hydrogen) atoms. The van der Waals surface area contributed by atoms with Crippen LogP contribution < -0.4 is 4.74 Å². The first-order valence-corrected chi connectivity index (χ1v) is 14.8. The molecule has 0 bridgehead atoms. The fourth-order valence-electron chi connectivity index (χ4n) is 6.17. The quantitative estimate of drug-likeness (QED) is 0.258. The number of carbonyl (C=O) groups is 1. The number of aromatic nitrogens is 3. The highest BCUT2D eigenvalue weighted by Gasteiger charge is 2.44. The molecule has 2 fully saturated rings. The van der Waals surface area contributed by atoms with Crippen molar-refractivity contribution in [1.82, 2.24) is 24.6 Å². The lowest BCUT2D eigenvalue weighted by Crippen LogP contribution is -2.67. The van der Waals surface area contributed by atoms with Crippen molar-refractivity contribution in [1.29, 1.82) is 0 Å². The van der Waals surface area contributed by atoms with Crippen LogP contribution in [0.1, 0.15) is 64.4 Å². The van der Waals surface area contributed by atoms with E-state index in [9.17, 15) is 4.79 Å². The molecule has 1 atom stereocenters. The van der Waals surface area contributed by atoms with E-state index in [0.29, 0.717) is 0 Å². The predicted octanol–water partition coefficient (Wildman–Crippen LogP) is 4.94. The summed E-state index contributed by atoms with van der Waals surface area (Å²) in [6.07, 6.45) is 2.99. The molecule has 10 heteroatoms. The van der Waals surface area contributed by atoms with Crippen LogP contribution in [0.4, 0.5) is 0 Å². The number of rotatable bonds is 9. The van der Waals surface area contributed by atoms with E-state index in [1.807, 2.05) is 28.9 Å². The molecule has 10 nitrogen and oxygen atoms in total. The minimum atomic E-state index is -0.216. The van der Waals surface area contributed by atoms with Gasteiger partial charge < -0.3 is 18.9 Å². The van der Waals surface area contributed by atoms with E-state index >= 15 is 0 Å². The number of pyridine rings is 1. The van der Waals surface area contributed by atoms with Crippen LogP contribution in [-0.2, 0) is 25.5 Å². The number of carbonyl (C=O) groups excluding carboxylic acids is 1. The summed E-state index contributed by atoms with van der Waals surface area (Å²) < 4.78 is 23.8. The van der Waals surface area contributed by atoms with E-state index in [-0.39, 0.29) is 36.6 Å². The Balaban J connectivity index is 1.55. The molecule has 3 aromatic rings. The van der Waals surface area contributed by atoms with E-state index < -0.39 is 0 Å². The van der Waals surface area contributed by atoms with Crippen LogP contribution >= 0.6 is 0 Å². The van der Waals surface area contributed by atoms with Gasteiger partial charge in [0.2, 0.25) is 0 Å². The van der Waals surface area contributed by atoms with Crippen LogP contribution in [0.2, 0.25) is 0 Å². The average molecular weight is 580 g/mol. The number of aryl methyl sites for hydroxylation is 1. The van der Waals surface area contributed by atoms with Crippen LogP contribution in [0, 0.1) is 6.92 Å². The Hall–Kier alpha value is -3.05. The molecule has 2 aliphatic heterocycles. The Morgan fingerprint density at radius 3 is 2.43 bits per heavy atom.